The molecular formula is C13H20BrNO3. The molecule has 0 atom stereocenters. The average Bonchev–Trinajstić information content (AvgIpc) is 2.34. The first kappa shape index (κ1) is 15.3. The molecule has 18 heavy (non-hydrogen) atoms. The molecule has 0 radical (unpaired) electrons. The molecule has 1 N–H and O–H groups in total. The molecule has 0 heterocycles. The minimum absolute atomic E-state index is 0.137. The van der Waals surface area contributed by atoms with Gasteiger partial charge < -0.3 is 14.6 Å². The van der Waals surface area contributed by atoms with Gasteiger partial charge >= 0.3 is 0 Å². The normalized spacial score (nSPS) is 10.9. The lowest BCUT2D eigenvalue weighted by atomic mass is 10.2. The van der Waals surface area contributed by atoms with Crippen molar-refractivity contribution in [3.05, 3.63) is 22.2 Å². The smallest absolute Gasteiger partial charge is 0.172 e. The zero-order valence-electron chi connectivity index (χ0n) is 11.1. The summed E-state index contributed by atoms with van der Waals surface area (Å²) in [5.41, 5.74) is 1.08. The summed E-state index contributed by atoms with van der Waals surface area (Å²) in [6.45, 7) is 5.11. The molecule has 4 nitrogen and oxygen atoms in total. The minimum atomic E-state index is 0.137. The Hall–Kier alpha value is -0.780. The maximum atomic E-state index is 9.72. The Morgan fingerprint density at radius 1 is 1.39 bits per heavy atom. The van der Waals surface area contributed by atoms with Crippen LogP contribution < -0.4 is 4.74 Å². The van der Waals surface area contributed by atoms with E-state index in [-0.39, 0.29) is 5.75 Å². The van der Waals surface area contributed by atoms with E-state index in [1.54, 1.807) is 7.11 Å². The fourth-order valence-corrected chi connectivity index (χ4v) is 2.12. The van der Waals surface area contributed by atoms with E-state index >= 15 is 0 Å². The summed E-state index contributed by atoms with van der Waals surface area (Å²) in [5, 5.41) is 9.72. The Morgan fingerprint density at radius 3 is 2.72 bits per heavy atom. The number of methoxy groups -OCH3 is 1. The molecular weight excluding hydrogens is 298 g/mol. The zero-order chi connectivity index (χ0) is 13.5. The number of ether oxygens (including phenoxy) is 2. The van der Waals surface area contributed by atoms with Gasteiger partial charge in [-0.05, 0) is 47.6 Å². The molecule has 1 rings (SSSR count). The first-order chi connectivity index (χ1) is 8.58. The van der Waals surface area contributed by atoms with Gasteiger partial charge in [0, 0.05) is 19.7 Å². The summed E-state index contributed by atoms with van der Waals surface area (Å²) >= 11 is 3.32. The highest BCUT2D eigenvalue weighted by Gasteiger charge is 2.09. The summed E-state index contributed by atoms with van der Waals surface area (Å²) in [6, 6.07) is 3.74. The average molecular weight is 318 g/mol. The minimum Gasteiger partial charge on any atom is -0.503 e. The molecule has 1 aromatic rings. The van der Waals surface area contributed by atoms with Gasteiger partial charge in [-0.2, -0.15) is 0 Å². The maximum absolute atomic E-state index is 9.72. The van der Waals surface area contributed by atoms with Gasteiger partial charge in [0.25, 0.3) is 0 Å². The van der Waals surface area contributed by atoms with Gasteiger partial charge in [0.05, 0.1) is 18.2 Å². The molecule has 0 aliphatic rings. The highest BCUT2D eigenvalue weighted by Crippen LogP contribution is 2.35. The van der Waals surface area contributed by atoms with Crippen molar-refractivity contribution >= 4 is 15.9 Å². The van der Waals surface area contributed by atoms with Crippen LogP contribution in [0.1, 0.15) is 12.5 Å². The Labute approximate surface area is 117 Å². The predicted octanol–water partition coefficient (Wildman–Crippen LogP) is 2.63. The molecule has 0 aliphatic carbocycles. The van der Waals surface area contributed by atoms with E-state index in [1.807, 2.05) is 26.1 Å². The molecule has 5 heteroatoms. The zero-order valence-corrected chi connectivity index (χ0v) is 12.7. The third-order valence-electron chi connectivity index (χ3n) is 2.58. The lowest BCUT2D eigenvalue weighted by Gasteiger charge is -2.17. The molecule has 0 aliphatic heterocycles. The van der Waals surface area contributed by atoms with Gasteiger partial charge in [-0.25, -0.2) is 0 Å². The van der Waals surface area contributed by atoms with Crippen LogP contribution in [0, 0.1) is 0 Å². The fraction of sp³-hybridized carbons (Fsp3) is 0.538. The molecule has 0 bridgehead atoms. The van der Waals surface area contributed by atoms with E-state index in [4.69, 9.17) is 9.47 Å². The Morgan fingerprint density at radius 2 is 2.11 bits per heavy atom. The van der Waals surface area contributed by atoms with Crippen molar-refractivity contribution < 1.29 is 14.6 Å². The second-order valence-corrected chi connectivity index (χ2v) is 4.92. The van der Waals surface area contributed by atoms with E-state index < -0.39 is 0 Å². The number of aromatic hydroxyl groups is 1. The topological polar surface area (TPSA) is 41.9 Å². The summed E-state index contributed by atoms with van der Waals surface area (Å²) in [6.07, 6.45) is 0. The van der Waals surface area contributed by atoms with Gasteiger partial charge in [0.1, 0.15) is 0 Å². The molecule has 0 saturated carbocycles. The quantitative estimate of drug-likeness (QED) is 0.785. The van der Waals surface area contributed by atoms with E-state index in [0.29, 0.717) is 10.2 Å². The number of benzene rings is 1. The Bertz CT molecular complexity index is 385. The molecule has 1 aromatic carbocycles. The predicted molar refractivity (Wildman–Crippen MR) is 75.2 cm³/mol. The first-order valence-electron chi connectivity index (χ1n) is 5.90. The molecule has 0 unspecified atom stereocenters. The van der Waals surface area contributed by atoms with E-state index in [9.17, 15) is 5.11 Å². The summed E-state index contributed by atoms with van der Waals surface area (Å²) in [5.74, 6) is 0.621. The molecule has 102 valence electrons. The molecule has 0 aromatic heterocycles. The lowest BCUT2D eigenvalue weighted by Crippen LogP contribution is -2.22. The molecule has 0 spiro atoms. The van der Waals surface area contributed by atoms with Gasteiger partial charge in [-0.3, -0.25) is 4.90 Å². The van der Waals surface area contributed by atoms with E-state index in [0.717, 1.165) is 31.9 Å². The number of phenolic OH excluding ortho intramolecular Hbond substituents is 1. The Kier molecular flexibility index (Phi) is 6.46. The standard InChI is InChI=1S/C13H20BrNO3/c1-4-18-6-5-15(2)9-10-7-11(14)13(16)12(8-10)17-3/h7-8,16H,4-6,9H2,1-3H3. The third-order valence-corrected chi connectivity index (χ3v) is 3.19. The van der Waals surface area contributed by atoms with Gasteiger partial charge in [-0.15, -0.1) is 0 Å². The molecule has 0 saturated heterocycles. The van der Waals surface area contributed by atoms with Crippen molar-refractivity contribution in [3.8, 4) is 11.5 Å². The highest BCUT2D eigenvalue weighted by atomic mass is 79.9. The van der Waals surface area contributed by atoms with Crippen LogP contribution in [0.25, 0.3) is 0 Å². The van der Waals surface area contributed by atoms with Crippen molar-refractivity contribution in [1.29, 1.82) is 0 Å². The van der Waals surface area contributed by atoms with Crippen molar-refractivity contribution in [1.82, 2.24) is 4.90 Å². The number of rotatable bonds is 7. The van der Waals surface area contributed by atoms with Gasteiger partial charge in [0.15, 0.2) is 11.5 Å². The monoisotopic (exact) mass is 317 g/mol. The van der Waals surface area contributed by atoms with Crippen molar-refractivity contribution in [2.75, 3.05) is 33.9 Å². The second-order valence-electron chi connectivity index (χ2n) is 4.06. The second kappa shape index (κ2) is 7.61. The van der Waals surface area contributed by atoms with Crippen molar-refractivity contribution in [2.24, 2.45) is 0 Å². The molecule has 0 fully saturated rings. The van der Waals surface area contributed by atoms with Gasteiger partial charge in [0.2, 0.25) is 0 Å². The van der Waals surface area contributed by atoms with Crippen LogP contribution in [-0.2, 0) is 11.3 Å². The van der Waals surface area contributed by atoms with Crippen molar-refractivity contribution in [2.45, 2.75) is 13.5 Å². The van der Waals surface area contributed by atoms with Crippen LogP contribution in [0.4, 0.5) is 0 Å². The summed E-state index contributed by atoms with van der Waals surface area (Å²) < 4.78 is 11.1. The van der Waals surface area contributed by atoms with Crippen LogP contribution in [0.15, 0.2) is 16.6 Å². The van der Waals surface area contributed by atoms with Crippen LogP contribution in [0.3, 0.4) is 0 Å². The maximum Gasteiger partial charge on any atom is 0.172 e. The lowest BCUT2D eigenvalue weighted by molar-refractivity contribution is 0.120. The van der Waals surface area contributed by atoms with E-state index in [1.165, 1.54) is 0 Å². The Balaban J connectivity index is 2.64. The SMILES string of the molecule is CCOCCN(C)Cc1cc(Br)c(O)c(OC)c1. The highest BCUT2D eigenvalue weighted by molar-refractivity contribution is 9.10. The fourth-order valence-electron chi connectivity index (χ4n) is 1.63. The number of phenols is 1. The van der Waals surface area contributed by atoms with Crippen LogP contribution in [0.5, 0.6) is 11.5 Å². The number of hydrogen-bond donors (Lipinski definition) is 1. The largest absolute Gasteiger partial charge is 0.503 e. The first-order valence-corrected chi connectivity index (χ1v) is 6.69. The van der Waals surface area contributed by atoms with Crippen LogP contribution >= 0.6 is 15.9 Å². The number of likely N-dealkylation sites (N-methyl/N-ethyl adjacent to an activating group) is 1. The van der Waals surface area contributed by atoms with Gasteiger partial charge in [-0.1, -0.05) is 0 Å². The summed E-state index contributed by atoms with van der Waals surface area (Å²) in [7, 11) is 3.58. The molecule has 0 amide bonds. The number of nitrogens with zero attached hydrogens (tertiary/aromatic N) is 1. The van der Waals surface area contributed by atoms with Crippen molar-refractivity contribution in [3.63, 3.8) is 0 Å². The summed E-state index contributed by atoms with van der Waals surface area (Å²) in [4.78, 5) is 2.16. The van der Waals surface area contributed by atoms with E-state index in [2.05, 4.69) is 20.8 Å². The van der Waals surface area contributed by atoms with Crippen LogP contribution in [0.2, 0.25) is 0 Å². The van der Waals surface area contributed by atoms with Crippen LogP contribution in [-0.4, -0.2) is 43.9 Å². The number of halogens is 1. The third kappa shape index (κ3) is 4.48. The number of hydrogen-bond acceptors (Lipinski definition) is 4.